The van der Waals surface area contributed by atoms with Gasteiger partial charge in [-0.05, 0) is 23.3 Å². The first-order chi connectivity index (χ1) is 12.3. The van der Waals surface area contributed by atoms with Gasteiger partial charge in [0.1, 0.15) is 0 Å². The lowest BCUT2D eigenvalue weighted by molar-refractivity contribution is 0.0163. The maximum absolute atomic E-state index is 6.05. The molecule has 1 saturated heterocycles. The van der Waals surface area contributed by atoms with Crippen LogP contribution < -0.4 is 5.32 Å². The molecule has 0 saturated carbocycles. The first kappa shape index (κ1) is 18.2. The molecule has 1 N–H and O–H groups in total. The summed E-state index contributed by atoms with van der Waals surface area (Å²) in [4.78, 5) is 2.49. The summed E-state index contributed by atoms with van der Waals surface area (Å²) in [6, 6.07) is 18.9. The summed E-state index contributed by atoms with van der Waals surface area (Å²) in [6.45, 7) is 5.30. The average Bonchev–Trinajstić information content (AvgIpc) is 2.67. The van der Waals surface area contributed by atoms with Crippen molar-refractivity contribution in [1.29, 1.82) is 0 Å². The van der Waals surface area contributed by atoms with Gasteiger partial charge >= 0.3 is 0 Å². The molecule has 1 heterocycles. The Morgan fingerprint density at radius 1 is 1.04 bits per heavy atom. The van der Waals surface area contributed by atoms with Crippen molar-refractivity contribution in [2.24, 2.45) is 0 Å². The van der Waals surface area contributed by atoms with E-state index >= 15 is 0 Å². The van der Waals surface area contributed by atoms with Crippen molar-refractivity contribution in [2.75, 3.05) is 39.4 Å². The van der Waals surface area contributed by atoms with Gasteiger partial charge in [-0.15, -0.1) is 0 Å². The molecule has 0 aromatic heterocycles. The average molecular weight is 357 g/mol. The van der Waals surface area contributed by atoms with Gasteiger partial charge in [0.25, 0.3) is 0 Å². The highest BCUT2D eigenvalue weighted by atomic mass is 35.5. The van der Waals surface area contributed by atoms with Crippen LogP contribution in [0.2, 0.25) is 5.02 Å². The van der Waals surface area contributed by atoms with Gasteiger partial charge in [-0.3, -0.25) is 4.90 Å². The summed E-state index contributed by atoms with van der Waals surface area (Å²) in [5.74, 6) is 0. The zero-order valence-corrected chi connectivity index (χ0v) is 15.2. The molecule has 0 amide bonds. The monoisotopic (exact) mass is 356 g/mol. The molecule has 0 aliphatic carbocycles. The fraction of sp³-hybridized carbons (Fsp3) is 0.333. The van der Waals surface area contributed by atoms with E-state index in [9.17, 15) is 0 Å². The van der Waals surface area contributed by atoms with Crippen molar-refractivity contribution in [3.63, 3.8) is 0 Å². The van der Waals surface area contributed by atoms with Gasteiger partial charge in [0.15, 0.2) is 0 Å². The van der Waals surface area contributed by atoms with Crippen LogP contribution in [0.3, 0.4) is 0 Å². The molecule has 3 rings (SSSR count). The van der Waals surface area contributed by atoms with Crippen LogP contribution in [0.25, 0.3) is 6.08 Å². The van der Waals surface area contributed by atoms with Crippen molar-refractivity contribution >= 4 is 17.7 Å². The maximum Gasteiger partial charge on any atom is 0.0594 e. The summed E-state index contributed by atoms with van der Waals surface area (Å²) in [5.41, 5.74) is 2.53. The van der Waals surface area contributed by atoms with E-state index in [1.54, 1.807) is 0 Å². The number of nitrogens with zero attached hydrogens (tertiary/aromatic N) is 1. The molecule has 0 bridgehead atoms. The number of halogens is 1. The SMILES string of the molecule is Clc1ccc(C(CNC/C=C/c2ccccc2)N2CCOCC2)cc1. The number of ether oxygens (including phenoxy) is 1. The number of hydrogen-bond donors (Lipinski definition) is 1. The van der Waals surface area contributed by atoms with Crippen LogP contribution in [-0.4, -0.2) is 44.3 Å². The normalized spacial score (nSPS) is 17.0. The van der Waals surface area contributed by atoms with Gasteiger partial charge in [-0.1, -0.05) is 66.2 Å². The van der Waals surface area contributed by atoms with Crippen molar-refractivity contribution in [3.8, 4) is 0 Å². The third-order valence-electron chi connectivity index (χ3n) is 4.45. The fourth-order valence-corrected chi connectivity index (χ4v) is 3.22. The predicted octanol–water partition coefficient (Wildman–Crippen LogP) is 4.02. The first-order valence-corrected chi connectivity index (χ1v) is 9.20. The highest BCUT2D eigenvalue weighted by Gasteiger charge is 2.22. The smallest absolute Gasteiger partial charge is 0.0594 e. The summed E-state index contributed by atoms with van der Waals surface area (Å²) < 4.78 is 5.50. The van der Waals surface area contributed by atoms with Crippen molar-refractivity contribution < 1.29 is 4.74 Å². The van der Waals surface area contributed by atoms with E-state index in [1.165, 1.54) is 11.1 Å². The number of benzene rings is 2. The fourth-order valence-electron chi connectivity index (χ4n) is 3.09. The molecule has 1 fully saturated rings. The Morgan fingerprint density at radius 2 is 1.76 bits per heavy atom. The van der Waals surface area contributed by atoms with Gasteiger partial charge in [-0.25, -0.2) is 0 Å². The van der Waals surface area contributed by atoms with E-state index in [0.717, 1.165) is 44.4 Å². The molecule has 2 aromatic rings. The molecule has 1 aliphatic rings. The Morgan fingerprint density at radius 3 is 2.48 bits per heavy atom. The number of nitrogens with one attached hydrogen (secondary N) is 1. The number of morpholine rings is 1. The van der Waals surface area contributed by atoms with E-state index in [0.29, 0.717) is 6.04 Å². The van der Waals surface area contributed by atoms with E-state index in [1.807, 2.05) is 18.2 Å². The highest BCUT2D eigenvalue weighted by Crippen LogP contribution is 2.23. The van der Waals surface area contributed by atoms with E-state index in [4.69, 9.17) is 16.3 Å². The van der Waals surface area contributed by atoms with E-state index < -0.39 is 0 Å². The van der Waals surface area contributed by atoms with Crippen molar-refractivity contribution in [1.82, 2.24) is 10.2 Å². The van der Waals surface area contributed by atoms with Gasteiger partial charge in [0, 0.05) is 37.2 Å². The summed E-state index contributed by atoms with van der Waals surface area (Å²) in [5, 5.41) is 4.34. The molecule has 0 radical (unpaired) electrons. The van der Waals surface area contributed by atoms with Crippen LogP contribution in [0, 0.1) is 0 Å². The Labute approximate surface area is 155 Å². The van der Waals surface area contributed by atoms with Crippen LogP contribution in [0.15, 0.2) is 60.7 Å². The van der Waals surface area contributed by atoms with Crippen molar-refractivity contribution in [2.45, 2.75) is 6.04 Å². The predicted molar refractivity (Wildman–Crippen MR) is 105 cm³/mol. The molecule has 2 aromatic carbocycles. The Balaban J connectivity index is 1.57. The van der Waals surface area contributed by atoms with Gasteiger partial charge in [0.05, 0.1) is 13.2 Å². The molecule has 3 nitrogen and oxygen atoms in total. The topological polar surface area (TPSA) is 24.5 Å². The molecular weight excluding hydrogens is 332 g/mol. The summed E-state index contributed by atoms with van der Waals surface area (Å²) in [6.07, 6.45) is 4.33. The third kappa shape index (κ3) is 5.68. The molecule has 0 spiro atoms. The molecular formula is C21H25ClN2O. The van der Waals surface area contributed by atoms with E-state index in [-0.39, 0.29) is 0 Å². The second-order valence-corrected chi connectivity index (χ2v) is 6.62. The Bertz CT molecular complexity index is 651. The largest absolute Gasteiger partial charge is 0.379 e. The van der Waals surface area contributed by atoms with Crippen molar-refractivity contribution in [3.05, 3.63) is 76.8 Å². The Hall–Kier alpha value is -1.65. The summed E-state index contributed by atoms with van der Waals surface area (Å²) in [7, 11) is 0. The lowest BCUT2D eigenvalue weighted by atomic mass is 10.0. The zero-order valence-electron chi connectivity index (χ0n) is 14.4. The number of rotatable bonds is 7. The van der Waals surface area contributed by atoms with Gasteiger partial charge < -0.3 is 10.1 Å². The quantitative estimate of drug-likeness (QED) is 0.758. The van der Waals surface area contributed by atoms with Crippen LogP contribution in [0.1, 0.15) is 17.2 Å². The maximum atomic E-state index is 6.05. The molecule has 1 unspecified atom stereocenters. The lowest BCUT2D eigenvalue weighted by Crippen LogP contribution is -2.42. The van der Waals surface area contributed by atoms with Crippen LogP contribution >= 0.6 is 11.6 Å². The van der Waals surface area contributed by atoms with Crippen LogP contribution in [-0.2, 0) is 4.74 Å². The third-order valence-corrected chi connectivity index (χ3v) is 4.70. The highest BCUT2D eigenvalue weighted by molar-refractivity contribution is 6.30. The van der Waals surface area contributed by atoms with Gasteiger partial charge in [-0.2, -0.15) is 0 Å². The molecule has 1 atom stereocenters. The standard InChI is InChI=1S/C21H25ClN2O/c22-20-10-8-19(9-11-20)21(24-13-15-25-16-14-24)17-23-12-4-7-18-5-2-1-3-6-18/h1-11,21,23H,12-17H2/b7-4+. The summed E-state index contributed by atoms with van der Waals surface area (Å²) >= 11 is 6.05. The number of hydrogen-bond acceptors (Lipinski definition) is 3. The first-order valence-electron chi connectivity index (χ1n) is 8.82. The Kier molecular flexibility index (Phi) is 7.07. The molecule has 132 valence electrons. The van der Waals surface area contributed by atoms with Crippen LogP contribution in [0.4, 0.5) is 0 Å². The minimum Gasteiger partial charge on any atom is -0.379 e. The molecule has 4 heteroatoms. The lowest BCUT2D eigenvalue weighted by Gasteiger charge is -2.35. The van der Waals surface area contributed by atoms with Crippen LogP contribution in [0.5, 0.6) is 0 Å². The van der Waals surface area contributed by atoms with Gasteiger partial charge in [0.2, 0.25) is 0 Å². The molecule has 25 heavy (non-hydrogen) atoms. The zero-order chi connectivity index (χ0) is 17.3. The second kappa shape index (κ2) is 9.73. The second-order valence-electron chi connectivity index (χ2n) is 6.19. The van der Waals surface area contributed by atoms with E-state index in [2.05, 4.69) is 58.8 Å². The minimum atomic E-state index is 0.339. The minimum absolute atomic E-state index is 0.339. The molecule has 1 aliphatic heterocycles.